The maximum atomic E-state index is 12.4. The fourth-order valence-electron chi connectivity index (χ4n) is 3.14. The van der Waals surface area contributed by atoms with Crippen LogP contribution in [0.5, 0.6) is 0 Å². The monoisotopic (exact) mass is 379 g/mol. The summed E-state index contributed by atoms with van der Waals surface area (Å²) in [6.07, 6.45) is 1.92. The summed E-state index contributed by atoms with van der Waals surface area (Å²) in [6, 6.07) is 14.1. The third-order valence-electron chi connectivity index (χ3n) is 4.53. The Morgan fingerprint density at radius 3 is 2.11 bits per heavy atom. The van der Waals surface area contributed by atoms with Gasteiger partial charge < -0.3 is 15.5 Å². The van der Waals surface area contributed by atoms with Gasteiger partial charge in [-0.05, 0) is 60.9 Å². The Morgan fingerprint density at radius 1 is 0.964 bits per heavy atom. The molecule has 0 saturated carbocycles. The van der Waals surface area contributed by atoms with Crippen LogP contribution >= 0.6 is 0 Å². The van der Waals surface area contributed by atoms with Crippen molar-refractivity contribution in [2.75, 3.05) is 22.1 Å². The van der Waals surface area contributed by atoms with Gasteiger partial charge in [0.05, 0.1) is 0 Å². The number of amides is 3. The number of anilines is 3. The van der Waals surface area contributed by atoms with E-state index in [1.165, 1.54) is 0 Å². The summed E-state index contributed by atoms with van der Waals surface area (Å²) in [5.41, 5.74) is 2.68. The molecule has 3 rings (SSSR count). The quantitative estimate of drug-likeness (QED) is 0.795. The molecule has 146 valence electrons. The van der Waals surface area contributed by atoms with Crippen molar-refractivity contribution < 1.29 is 14.4 Å². The number of carbonyl (C=O) groups is 3. The van der Waals surface area contributed by atoms with E-state index in [0.29, 0.717) is 35.7 Å². The van der Waals surface area contributed by atoms with Crippen LogP contribution in [0.1, 0.15) is 43.5 Å². The van der Waals surface area contributed by atoms with Gasteiger partial charge in [0.1, 0.15) is 0 Å². The zero-order valence-electron chi connectivity index (χ0n) is 16.2. The second-order valence-corrected chi connectivity index (χ2v) is 7.37. The van der Waals surface area contributed by atoms with Crippen LogP contribution < -0.4 is 15.5 Å². The topological polar surface area (TPSA) is 78.5 Å². The number of hydrogen-bond acceptors (Lipinski definition) is 3. The zero-order chi connectivity index (χ0) is 20.1. The lowest BCUT2D eigenvalue weighted by Crippen LogP contribution is -2.23. The standard InChI is InChI=1S/C22H25N3O3/c1-15(2)14-20(26)23-17-7-9-18(10-8-17)24-22(28)16-5-11-19(12-6-16)25-13-3-4-21(25)27/h5-12,15H,3-4,13-14H2,1-2H3,(H,23,26)(H,24,28). The predicted molar refractivity (Wildman–Crippen MR) is 111 cm³/mol. The van der Waals surface area contributed by atoms with E-state index in [2.05, 4.69) is 10.6 Å². The Labute approximate surface area is 164 Å². The molecule has 0 atom stereocenters. The fourth-order valence-corrected chi connectivity index (χ4v) is 3.14. The van der Waals surface area contributed by atoms with Crippen LogP contribution in [-0.4, -0.2) is 24.3 Å². The van der Waals surface area contributed by atoms with E-state index >= 15 is 0 Å². The molecule has 0 unspecified atom stereocenters. The molecule has 6 nitrogen and oxygen atoms in total. The SMILES string of the molecule is CC(C)CC(=O)Nc1ccc(NC(=O)c2ccc(N3CCCC3=O)cc2)cc1. The second-order valence-electron chi connectivity index (χ2n) is 7.37. The van der Waals surface area contributed by atoms with E-state index in [1.807, 2.05) is 13.8 Å². The van der Waals surface area contributed by atoms with E-state index < -0.39 is 0 Å². The van der Waals surface area contributed by atoms with Crippen molar-refractivity contribution in [1.29, 1.82) is 0 Å². The molecule has 0 radical (unpaired) electrons. The van der Waals surface area contributed by atoms with Crippen LogP contribution in [0.2, 0.25) is 0 Å². The number of hydrogen-bond donors (Lipinski definition) is 2. The molecule has 1 fully saturated rings. The summed E-state index contributed by atoms with van der Waals surface area (Å²) in [4.78, 5) is 37.8. The minimum absolute atomic E-state index is 0.0247. The van der Waals surface area contributed by atoms with Gasteiger partial charge in [0.2, 0.25) is 11.8 Å². The third-order valence-corrected chi connectivity index (χ3v) is 4.53. The molecule has 1 aliphatic rings. The molecule has 2 aromatic carbocycles. The van der Waals surface area contributed by atoms with Crippen LogP contribution in [0.25, 0.3) is 0 Å². The summed E-state index contributed by atoms with van der Waals surface area (Å²) in [5, 5.41) is 5.67. The average molecular weight is 379 g/mol. The van der Waals surface area contributed by atoms with E-state index in [9.17, 15) is 14.4 Å². The van der Waals surface area contributed by atoms with Gasteiger partial charge in [-0.15, -0.1) is 0 Å². The highest BCUT2D eigenvalue weighted by Crippen LogP contribution is 2.22. The van der Waals surface area contributed by atoms with Crippen LogP contribution in [-0.2, 0) is 9.59 Å². The maximum Gasteiger partial charge on any atom is 0.255 e. The molecule has 3 amide bonds. The first-order valence-electron chi connectivity index (χ1n) is 9.54. The number of benzene rings is 2. The highest BCUT2D eigenvalue weighted by molar-refractivity contribution is 6.05. The minimum atomic E-state index is -0.226. The highest BCUT2D eigenvalue weighted by atomic mass is 16.2. The van der Waals surface area contributed by atoms with E-state index in [-0.39, 0.29) is 17.7 Å². The zero-order valence-corrected chi connectivity index (χ0v) is 16.2. The van der Waals surface area contributed by atoms with Gasteiger partial charge >= 0.3 is 0 Å². The van der Waals surface area contributed by atoms with Crippen molar-refractivity contribution in [3.05, 3.63) is 54.1 Å². The van der Waals surface area contributed by atoms with Crippen molar-refractivity contribution in [3.63, 3.8) is 0 Å². The Morgan fingerprint density at radius 2 is 1.57 bits per heavy atom. The Bertz CT molecular complexity index is 858. The molecule has 0 bridgehead atoms. The van der Waals surface area contributed by atoms with Crippen LogP contribution in [0.15, 0.2) is 48.5 Å². The van der Waals surface area contributed by atoms with Crippen molar-refractivity contribution in [1.82, 2.24) is 0 Å². The molecule has 0 spiro atoms. The second kappa shape index (κ2) is 8.69. The molecule has 1 aliphatic heterocycles. The summed E-state index contributed by atoms with van der Waals surface area (Å²) in [7, 11) is 0. The molecule has 1 saturated heterocycles. The van der Waals surface area contributed by atoms with E-state index in [4.69, 9.17) is 0 Å². The summed E-state index contributed by atoms with van der Waals surface area (Å²) < 4.78 is 0. The molecule has 1 heterocycles. The van der Waals surface area contributed by atoms with Crippen molar-refractivity contribution >= 4 is 34.8 Å². The average Bonchev–Trinajstić information content (AvgIpc) is 3.08. The van der Waals surface area contributed by atoms with E-state index in [1.54, 1.807) is 53.4 Å². The van der Waals surface area contributed by atoms with Crippen molar-refractivity contribution in [2.24, 2.45) is 5.92 Å². The Balaban J connectivity index is 1.58. The normalized spacial score (nSPS) is 13.7. The van der Waals surface area contributed by atoms with Gasteiger partial charge in [0.15, 0.2) is 0 Å². The molecule has 2 aromatic rings. The molecule has 28 heavy (non-hydrogen) atoms. The lowest BCUT2D eigenvalue weighted by Gasteiger charge is -2.15. The fraction of sp³-hybridized carbons (Fsp3) is 0.318. The summed E-state index contributed by atoms with van der Waals surface area (Å²) in [6.45, 7) is 4.71. The van der Waals surface area contributed by atoms with Gasteiger partial charge in [-0.1, -0.05) is 13.8 Å². The lowest BCUT2D eigenvalue weighted by molar-refractivity contribution is -0.117. The van der Waals surface area contributed by atoms with Gasteiger partial charge in [-0.2, -0.15) is 0 Å². The molecule has 6 heteroatoms. The molecule has 0 aliphatic carbocycles. The number of carbonyl (C=O) groups excluding carboxylic acids is 3. The first kappa shape index (κ1) is 19.6. The first-order chi connectivity index (χ1) is 13.4. The highest BCUT2D eigenvalue weighted by Gasteiger charge is 2.21. The molecule has 2 N–H and O–H groups in total. The van der Waals surface area contributed by atoms with E-state index in [0.717, 1.165) is 18.7 Å². The molecular weight excluding hydrogens is 354 g/mol. The summed E-state index contributed by atoms with van der Waals surface area (Å²) >= 11 is 0. The largest absolute Gasteiger partial charge is 0.326 e. The molecular formula is C22H25N3O3. The maximum absolute atomic E-state index is 12.4. The smallest absolute Gasteiger partial charge is 0.255 e. The predicted octanol–water partition coefficient (Wildman–Crippen LogP) is 4.05. The van der Waals surface area contributed by atoms with Gasteiger partial charge in [0, 0.05) is 42.0 Å². The van der Waals surface area contributed by atoms with Crippen LogP contribution in [0.3, 0.4) is 0 Å². The third kappa shape index (κ3) is 4.97. The Hall–Kier alpha value is -3.15. The number of nitrogens with zero attached hydrogens (tertiary/aromatic N) is 1. The summed E-state index contributed by atoms with van der Waals surface area (Å²) in [5.74, 6) is 0.172. The van der Waals surface area contributed by atoms with Gasteiger partial charge in [-0.3, -0.25) is 14.4 Å². The van der Waals surface area contributed by atoms with Gasteiger partial charge in [0.25, 0.3) is 5.91 Å². The van der Waals surface area contributed by atoms with Crippen molar-refractivity contribution in [2.45, 2.75) is 33.1 Å². The number of rotatable bonds is 6. The van der Waals surface area contributed by atoms with Crippen LogP contribution in [0.4, 0.5) is 17.1 Å². The number of nitrogens with one attached hydrogen (secondary N) is 2. The van der Waals surface area contributed by atoms with Gasteiger partial charge in [-0.25, -0.2) is 0 Å². The lowest BCUT2D eigenvalue weighted by atomic mass is 10.1. The Kier molecular flexibility index (Phi) is 6.09. The van der Waals surface area contributed by atoms with Crippen LogP contribution in [0, 0.1) is 5.92 Å². The molecule has 0 aromatic heterocycles. The van der Waals surface area contributed by atoms with Crippen molar-refractivity contribution in [3.8, 4) is 0 Å². The minimum Gasteiger partial charge on any atom is -0.326 e. The first-order valence-corrected chi connectivity index (χ1v) is 9.54.